The fourth-order valence-electron chi connectivity index (χ4n) is 1.99. The summed E-state index contributed by atoms with van der Waals surface area (Å²) in [7, 11) is 0. The van der Waals surface area contributed by atoms with Gasteiger partial charge in [0.15, 0.2) is 0 Å². The van der Waals surface area contributed by atoms with Crippen LogP contribution in [0.25, 0.3) is 5.82 Å². The van der Waals surface area contributed by atoms with Crippen molar-refractivity contribution in [3.8, 4) is 5.82 Å². The van der Waals surface area contributed by atoms with Gasteiger partial charge in [0.25, 0.3) is 0 Å². The van der Waals surface area contributed by atoms with Crippen molar-refractivity contribution in [3.05, 3.63) is 11.9 Å². The van der Waals surface area contributed by atoms with Gasteiger partial charge < -0.3 is 15.4 Å². The lowest BCUT2D eigenvalue weighted by molar-refractivity contribution is -0.921. The lowest BCUT2D eigenvalue weighted by Crippen LogP contribution is -3.12. The molecule has 1 fully saturated rings. The minimum absolute atomic E-state index is 0.207. The summed E-state index contributed by atoms with van der Waals surface area (Å²) < 4.78 is 11.5. The molecular weight excluding hydrogens is 238 g/mol. The number of morpholine rings is 1. The fourth-order valence-corrected chi connectivity index (χ4v) is 1.99. The van der Waals surface area contributed by atoms with Crippen molar-refractivity contribution in [2.45, 2.75) is 6.54 Å². The van der Waals surface area contributed by atoms with Crippen LogP contribution in [0.2, 0.25) is 0 Å². The molecule has 2 aromatic heterocycles. The minimum Gasteiger partial charge on any atom is -0.378 e. The van der Waals surface area contributed by atoms with Crippen molar-refractivity contribution in [3.63, 3.8) is 0 Å². The van der Waals surface area contributed by atoms with Crippen molar-refractivity contribution in [2.24, 2.45) is 0 Å². The van der Waals surface area contributed by atoms with Crippen LogP contribution < -0.4 is 10.6 Å². The maximum absolute atomic E-state index is 5.65. The van der Waals surface area contributed by atoms with E-state index in [0.717, 1.165) is 38.5 Å². The molecule has 0 aromatic carbocycles. The average Bonchev–Trinajstić information content (AvgIpc) is 2.99. The highest BCUT2D eigenvalue weighted by Gasteiger charge is 2.20. The molecule has 3 heterocycles. The molecule has 0 amide bonds. The molecule has 0 bridgehead atoms. The predicted molar refractivity (Wildman–Crippen MR) is 58.8 cm³/mol. The van der Waals surface area contributed by atoms with Gasteiger partial charge in [0, 0.05) is 0 Å². The molecular formula is C9H14N7O2+. The lowest BCUT2D eigenvalue weighted by atomic mass is 10.3. The second-order valence-corrected chi connectivity index (χ2v) is 4.15. The van der Waals surface area contributed by atoms with Gasteiger partial charge in [-0.05, 0) is 10.3 Å². The Morgan fingerprint density at radius 2 is 2.17 bits per heavy atom. The van der Waals surface area contributed by atoms with Crippen LogP contribution in [-0.2, 0) is 11.3 Å². The number of aromatic nitrogens is 5. The van der Waals surface area contributed by atoms with Gasteiger partial charge in [-0.2, -0.15) is 4.68 Å². The normalized spacial score (nSPS) is 17.1. The Balaban J connectivity index is 1.81. The first kappa shape index (κ1) is 11.1. The van der Waals surface area contributed by atoms with Crippen molar-refractivity contribution < 1.29 is 14.3 Å². The van der Waals surface area contributed by atoms with Crippen LogP contribution in [0.4, 0.5) is 5.82 Å². The van der Waals surface area contributed by atoms with Crippen LogP contribution in [0.1, 0.15) is 5.69 Å². The molecule has 2 aromatic rings. The molecule has 9 nitrogen and oxygen atoms in total. The number of anilines is 1. The quantitative estimate of drug-likeness (QED) is 0.629. The van der Waals surface area contributed by atoms with Crippen LogP contribution in [0.5, 0.6) is 0 Å². The number of hydrogen-bond acceptors (Lipinski definition) is 7. The van der Waals surface area contributed by atoms with E-state index in [1.165, 1.54) is 4.90 Å². The van der Waals surface area contributed by atoms with E-state index in [-0.39, 0.29) is 5.82 Å². The summed E-state index contributed by atoms with van der Waals surface area (Å²) >= 11 is 0. The van der Waals surface area contributed by atoms with Crippen molar-refractivity contribution in [1.82, 2.24) is 25.3 Å². The van der Waals surface area contributed by atoms with E-state index in [0.29, 0.717) is 5.82 Å². The highest BCUT2D eigenvalue weighted by molar-refractivity contribution is 5.44. The number of nitrogens with two attached hydrogens (primary N) is 1. The van der Waals surface area contributed by atoms with Crippen LogP contribution in [0.15, 0.2) is 10.8 Å². The highest BCUT2D eigenvalue weighted by Crippen LogP contribution is 2.11. The number of rotatable bonds is 3. The highest BCUT2D eigenvalue weighted by atomic mass is 16.6. The third-order valence-electron chi connectivity index (χ3n) is 2.95. The zero-order valence-corrected chi connectivity index (χ0v) is 9.74. The molecule has 0 unspecified atom stereocenters. The van der Waals surface area contributed by atoms with E-state index in [9.17, 15) is 0 Å². The molecule has 0 aliphatic carbocycles. The summed E-state index contributed by atoms with van der Waals surface area (Å²) in [6.45, 7) is 4.30. The second-order valence-electron chi connectivity index (χ2n) is 4.15. The number of nitrogen functional groups attached to an aromatic ring is 1. The molecule has 96 valence electrons. The number of nitrogens with one attached hydrogen (secondary N) is 1. The van der Waals surface area contributed by atoms with E-state index in [1.54, 1.807) is 10.9 Å². The van der Waals surface area contributed by atoms with Gasteiger partial charge >= 0.3 is 0 Å². The Morgan fingerprint density at radius 3 is 2.89 bits per heavy atom. The van der Waals surface area contributed by atoms with E-state index in [1.807, 2.05) is 0 Å². The zero-order chi connectivity index (χ0) is 12.4. The molecule has 3 rings (SSSR count). The molecule has 18 heavy (non-hydrogen) atoms. The summed E-state index contributed by atoms with van der Waals surface area (Å²) in [6.07, 6.45) is 1.70. The van der Waals surface area contributed by atoms with Gasteiger partial charge in [-0.3, -0.25) is 0 Å². The number of ether oxygens (including phenoxy) is 1. The standard InChI is InChI=1S/C9H13N7O2/c10-8-9(13-18-12-8)16-7(5-11-14-16)6-15-1-3-17-4-2-15/h5H,1-4,6H2,(H2,10,12)/p+1. The number of nitrogens with zero attached hydrogens (tertiary/aromatic N) is 5. The van der Waals surface area contributed by atoms with E-state index in [4.69, 9.17) is 10.5 Å². The topological polar surface area (TPSA) is 109 Å². The van der Waals surface area contributed by atoms with Gasteiger partial charge in [0.2, 0.25) is 11.6 Å². The Morgan fingerprint density at radius 1 is 1.33 bits per heavy atom. The minimum atomic E-state index is 0.207. The van der Waals surface area contributed by atoms with Gasteiger partial charge in [-0.15, -0.1) is 5.10 Å². The van der Waals surface area contributed by atoms with E-state index in [2.05, 4.69) is 25.3 Å². The Kier molecular flexibility index (Phi) is 2.90. The first-order valence-electron chi connectivity index (χ1n) is 5.74. The third kappa shape index (κ3) is 2.05. The van der Waals surface area contributed by atoms with Gasteiger partial charge in [-0.25, -0.2) is 4.63 Å². The van der Waals surface area contributed by atoms with Gasteiger partial charge in [-0.1, -0.05) is 5.21 Å². The summed E-state index contributed by atoms with van der Waals surface area (Å²) in [5.41, 5.74) is 6.58. The van der Waals surface area contributed by atoms with Gasteiger partial charge in [0.05, 0.1) is 19.4 Å². The van der Waals surface area contributed by atoms with Crippen LogP contribution in [0, 0.1) is 0 Å². The summed E-state index contributed by atoms with van der Waals surface area (Å²) in [4.78, 5) is 1.42. The number of quaternary nitrogens is 1. The predicted octanol–water partition coefficient (Wildman–Crippen LogP) is -2.35. The second kappa shape index (κ2) is 4.70. The first-order chi connectivity index (χ1) is 8.84. The monoisotopic (exact) mass is 252 g/mol. The summed E-state index contributed by atoms with van der Waals surface area (Å²) in [6, 6.07) is 0. The Bertz CT molecular complexity index is 516. The third-order valence-corrected chi connectivity index (χ3v) is 2.95. The summed E-state index contributed by atoms with van der Waals surface area (Å²) in [5.74, 6) is 0.592. The first-order valence-corrected chi connectivity index (χ1v) is 5.74. The Hall–Kier alpha value is -2.00. The maximum Gasteiger partial charge on any atom is 0.243 e. The molecule has 0 saturated carbocycles. The fraction of sp³-hybridized carbons (Fsp3) is 0.556. The van der Waals surface area contributed by atoms with Crippen LogP contribution >= 0.6 is 0 Å². The van der Waals surface area contributed by atoms with E-state index < -0.39 is 0 Å². The largest absolute Gasteiger partial charge is 0.378 e. The van der Waals surface area contributed by atoms with E-state index >= 15 is 0 Å². The van der Waals surface area contributed by atoms with Gasteiger partial charge in [0.1, 0.15) is 25.3 Å². The van der Waals surface area contributed by atoms with Crippen molar-refractivity contribution >= 4 is 5.82 Å². The molecule has 1 aliphatic rings. The Labute approximate surface area is 102 Å². The zero-order valence-electron chi connectivity index (χ0n) is 9.74. The molecule has 1 saturated heterocycles. The maximum atomic E-state index is 5.65. The van der Waals surface area contributed by atoms with Crippen molar-refractivity contribution in [2.75, 3.05) is 32.0 Å². The average molecular weight is 252 g/mol. The van der Waals surface area contributed by atoms with Crippen LogP contribution in [-0.4, -0.2) is 51.6 Å². The number of hydrogen-bond donors (Lipinski definition) is 2. The smallest absolute Gasteiger partial charge is 0.243 e. The molecule has 0 atom stereocenters. The van der Waals surface area contributed by atoms with Crippen LogP contribution in [0.3, 0.4) is 0 Å². The molecule has 1 aliphatic heterocycles. The molecule has 0 radical (unpaired) electrons. The molecule has 0 spiro atoms. The van der Waals surface area contributed by atoms with Crippen molar-refractivity contribution in [1.29, 1.82) is 0 Å². The lowest BCUT2D eigenvalue weighted by Gasteiger charge is -2.23. The molecule has 9 heteroatoms. The summed E-state index contributed by atoms with van der Waals surface area (Å²) in [5, 5.41) is 15.1. The SMILES string of the molecule is Nc1nonc1-n1nncc1C[NH+]1CCOCC1. The molecule has 3 N–H and O–H groups in total.